The monoisotopic (exact) mass is 673 g/mol. The van der Waals surface area contributed by atoms with E-state index >= 15 is 0 Å². The third kappa shape index (κ3) is 6.70. The van der Waals surface area contributed by atoms with Gasteiger partial charge >= 0.3 is 12.1 Å². The molecule has 2 fully saturated rings. The molecule has 1 N–H and O–H groups in total. The molecule has 3 atom stereocenters. The van der Waals surface area contributed by atoms with Crippen LogP contribution in [0.1, 0.15) is 44.4 Å². The van der Waals surface area contributed by atoms with Crippen molar-refractivity contribution in [2.24, 2.45) is 0 Å². The molecule has 3 aliphatic heterocycles. The number of β-lactam (4-membered cyclic amide) rings is 1. The van der Waals surface area contributed by atoms with Crippen LogP contribution in [0.5, 0.6) is 0 Å². The van der Waals surface area contributed by atoms with Crippen LogP contribution in [0.3, 0.4) is 0 Å². The zero-order valence-electron chi connectivity index (χ0n) is 26.4. The maximum absolute atomic E-state index is 14.6. The van der Waals surface area contributed by atoms with Crippen molar-refractivity contribution in [1.29, 1.82) is 0 Å². The molecule has 248 valence electrons. The topological polar surface area (TPSA) is 105 Å². The van der Waals surface area contributed by atoms with Gasteiger partial charge in [0, 0.05) is 18.2 Å². The van der Waals surface area contributed by atoms with Gasteiger partial charge in [-0.05, 0) is 67.5 Å². The molecule has 6 rings (SSSR count). The van der Waals surface area contributed by atoms with E-state index in [2.05, 4.69) is 5.32 Å². The molecule has 0 radical (unpaired) electrons. The lowest BCUT2D eigenvalue weighted by Crippen LogP contribution is -2.74. The fourth-order valence-corrected chi connectivity index (χ4v) is 7.04. The van der Waals surface area contributed by atoms with Gasteiger partial charge in [-0.2, -0.15) is 0 Å². The number of halogens is 2. The highest BCUT2D eigenvalue weighted by Crippen LogP contribution is 2.42. The number of esters is 1. The highest BCUT2D eigenvalue weighted by atomic mass is 32.2. The van der Waals surface area contributed by atoms with Gasteiger partial charge in [0.05, 0.1) is 5.69 Å². The predicted octanol–water partition coefficient (Wildman–Crippen LogP) is 6.02. The number of thioether (sulfide) groups is 1. The van der Waals surface area contributed by atoms with Gasteiger partial charge in [-0.3, -0.25) is 9.59 Å². The van der Waals surface area contributed by atoms with E-state index in [0.29, 0.717) is 22.8 Å². The Morgan fingerprint density at radius 1 is 0.979 bits per heavy atom. The van der Waals surface area contributed by atoms with E-state index in [-0.39, 0.29) is 24.2 Å². The summed E-state index contributed by atoms with van der Waals surface area (Å²) in [7, 11) is 0. The normalized spacial score (nSPS) is 21.5. The second-order valence-electron chi connectivity index (χ2n) is 12.5. The molecule has 1 unspecified atom stereocenters. The van der Waals surface area contributed by atoms with E-state index in [1.807, 2.05) is 60.7 Å². The molecule has 3 amide bonds. The molecule has 0 bridgehead atoms. The number of alkyl carbamates (subject to hydrolysis) is 1. The Bertz CT molecular complexity index is 1770. The Morgan fingerprint density at radius 3 is 2.23 bits per heavy atom. The summed E-state index contributed by atoms with van der Waals surface area (Å²) in [5, 5.41) is 3.63. The maximum Gasteiger partial charge on any atom is 0.408 e. The Hall–Kier alpha value is -4.97. The van der Waals surface area contributed by atoms with Crippen LogP contribution in [-0.4, -0.2) is 58.4 Å². The molecule has 0 aliphatic carbocycles. The number of ether oxygens (including phenoxy) is 2. The molecule has 12 heteroatoms. The third-order valence-electron chi connectivity index (χ3n) is 8.02. The summed E-state index contributed by atoms with van der Waals surface area (Å²) in [6, 6.07) is 19.1. The smallest absolute Gasteiger partial charge is 0.408 e. The first kappa shape index (κ1) is 33.0. The fourth-order valence-electron chi connectivity index (χ4n) is 5.85. The van der Waals surface area contributed by atoms with E-state index in [1.165, 1.54) is 33.7 Å². The molecule has 48 heavy (non-hydrogen) atoms. The van der Waals surface area contributed by atoms with Crippen LogP contribution in [-0.2, 0) is 23.9 Å². The van der Waals surface area contributed by atoms with Gasteiger partial charge in [-0.25, -0.2) is 18.4 Å². The van der Waals surface area contributed by atoms with E-state index in [4.69, 9.17) is 9.47 Å². The SMILES string of the molecule is CC(C)(C)OC(=O)N[C@@H]1C(=O)N2C(C(=O)OC(c3ccccc3)c3ccccc3)C(C=C3CCN(c4ccc(F)cc4F)C3=O)=CS[C@H]12. The standard InChI is InChI=1S/C36H33F2N3O6S/c1-36(2,3)47-35(45)39-28-32(43)41-29(34(44)46-30(21-10-6-4-7-11-21)22-12-8-5-9-13-22)24(20-48-33(28)41)18-23-16-17-40(31(23)42)27-15-14-25(37)19-26(27)38/h4-15,18-20,28-30,33H,16-17H2,1-3H3,(H,39,45)/t28-,29?,33-/m1/s1. The Morgan fingerprint density at radius 2 is 1.62 bits per heavy atom. The predicted molar refractivity (Wildman–Crippen MR) is 175 cm³/mol. The summed E-state index contributed by atoms with van der Waals surface area (Å²) in [4.78, 5) is 56.4. The van der Waals surface area contributed by atoms with Gasteiger partial charge in [0.1, 0.15) is 28.7 Å². The van der Waals surface area contributed by atoms with Crippen molar-refractivity contribution in [3.8, 4) is 0 Å². The van der Waals surface area contributed by atoms with Crippen molar-refractivity contribution in [1.82, 2.24) is 10.2 Å². The summed E-state index contributed by atoms with van der Waals surface area (Å²) in [5.74, 6) is -3.40. The number of nitrogens with one attached hydrogen (secondary N) is 1. The zero-order chi connectivity index (χ0) is 34.2. The lowest BCUT2D eigenvalue weighted by atomic mass is 9.95. The van der Waals surface area contributed by atoms with E-state index in [0.717, 1.165) is 6.07 Å². The molecule has 2 saturated heterocycles. The fraction of sp³-hybridized carbons (Fsp3) is 0.278. The van der Waals surface area contributed by atoms with Crippen molar-refractivity contribution in [2.75, 3.05) is 11.4 Å². The summed E-state index contributed by atoms with van der Waals surface area (Å²) in [5.41, 5.74) is 1.19. The number of fused-ring (bicyclic) bond motifs is 1. The number of carbonyl (C=O) groups is 4. The minimum absolute atomic E-state index is 0.0598. The Balaban J connectivity index is 1.32. The number of nitrogens with zero attached hydrogens (tertiary/aromatic N) is 2. The van der Waals surface area contributed by atoms with Crippen LogP contribution >= 0.6 is 11.8 Å². The number of anilines is 1. The minimum atomic E-state index is -1.26. The van der Waals surface area contributed by atoms with E-state index < -0.39 is 64.7 Å². The van der Waals surface area contributed by atoms with Gasteiger partial charge in [0.2, 0.25) is 5.91 Å². The lowest BCUT2D eigenvalue weighted by Gasteiger charge is -2.51. The van der Waals surface area contributed by atoms with Crippen LogP contribution < -0.4 is 10.2 Å². The van der Waals surface area contributed by atoms with Gasteiger partial charge in [-0.1, -0.05) is 60.7 Å². The van der Waals surface area contributed by atoms with Gasteiger partial charge < -0.3 is 24.6 Å². The first-order valence-corrected chi connectivity index (χ1v) is 16.3. The van der Waals surface area contributed by atoms with Gasteiger partial charge in [-0.15, -0.1) is 11.8 Å². The highest BCUT2D eigenvalue weighted by Gasteiger charge is 2.56. The average Bonchev–Trinajstić information content (AvgIpc) is 3.41. The lowest BCUT2D eigenvalue weighted by molar-refractivity contribution is -0.164. The van der Waals surface area contributed by atoms with Crippen LogP contribution in [0.25, 0.3) is 0 Å². The molecular weight excluding hydrogens is 640 g/mol. The van der Waals surface area contributed by atoms with Crippen molar-refractivity contribution in [2.45, 2.75) is 56.4 Å². The highest BCUT2D eigenvalue weighted by molar-refractivity contribution is 8.03. The van der Waals surface area contributed by atoms with Crippen LogP contribution in [0, 0.1) is 11.6 Å². The maximum atomic E-state index is 14.6. The molecule has 3 aromatic carbocycles. The summed E-state index contributed by atoms with van der Waals surface area (Å²) < 4.78 is 39.7. The van der Waals surface area contributed by atoms with Crippen molar-refractivity contribution < 1.29 is 37.4 Å². The molecule has 3 aliphatic rings. The van der Waals surface area contributed by atoms with E-state index in [1.54, 1.807) is 26.2 Å². The largest absolute Gasteiger partial charge is 0.451 e. The number of rotatable bonds is 7. The zero-order valence-corrected chi connectivity index (χ0v) is 27.2. The number of carbonyl (C=O) groups excluding carboxylic acids is 4. The molecule has 0 spiro atoms. The molecule has 3 aromatic rings. The van der Waals surface area contributed by atoms with Gasteiger partial charge in [0.25, 0.3) is 5.91 Å². The second-order valence-corrected chi connectivity index (χ2v) is 13.5. The number of benzene rings is 3. The average molecular weight is 674 g/mol. The molecule has 0 aromatic heterocycles. The summed E-state index contributed by atoms with van der Waals surface area (Å²) in [6.07, 6.45) is 0.172. The molecule has 3 heterocycles. The minimum Gasteiger partial charge on any atom is -0.451 e. The third-order valence-corrected chi connectivity index (χ3v) is 9.20. The van der Waals surface area contributed by atoms with Crippen LogP contribution in [0.15, 0.2) is 101 Å². The number of amides is 3. The van der Waals surface area contributed by atoms with E-state index in [9.17, 15) is 28.0 Å². The Labute approximate surface area is 280 Å². The van der Waals surface area contributed by atoms with Crippen LogP contribution in [0.4, 0.5) is 19.3 Å². The second kappa shape index (κ2) is 13.3. The first-order valence-electron chi connectivity index (χ1n) is 15.4. The van der Waals surface area contributed by atoms with Crippen LogP contribution in [0.2, 0.25) is 0 Å². The quantitative estimate of drug-likeness (QED) is 0.186. The van der Waals surface area contributed by atoms with Crippen molar-refractivity contribution in [3.63, 3.8) is 0 Å². The summed E-state index contributed by atoms with van der Waals surface area (Å²) >= 11 is 1.21. The summed E-state index contributed by atoms with van der Waals surface area (Å²) in [6.45, 7) is 5.26. The number of hydrogen-bond donors (Lipinski definition) is 1. The number of hydrogen-bond acceptors (Lipinski definition) is 7. The molecular formula is C36H33F2N3O6S. The first-order chi connectivity index (χ1) is 22.9. The Kier molecular flexibility index (Phi) is 9.11. The van der Waals surface area contributed by atoms with Crippen molar-refractivity contribution in [3.05, 3.63) is 124 Å². The molecule has 9 nitrogen and oxygen atoms in total. The van der Waals surface area contributed by atoms with Gasteiger partial charge in [0.15, 0.2) is 12.1 Å². The molecule has 0 saturated carbocycles. The van der Waals surface area contributed by atoms with Crippen molar-refractivity contribution >= 4 is 41.3 Å².